The van der Waals surface area contributed by atoms with Crippen molar-refractivity contribution in [3.63, 3.8) is 0 Å². The van der Waals surface area contributed by atoms with Crippen LogP contribution < -0.4 is 10.6 Å². The summed E-state index contributed by atoms with van der Waals surface area (Å²) in [4.78, 5) is 16.5. The number of urea groups is 1. The first-order chi connectivity index (χ1) is 11.4. The lowest BCUT2D eigenvalue weighted by molar-refractivity contribution is 0.101. The molecule has 0 radical (unpaired) electrons. The molecule has 0 spiro atoms. The molecule has 2 atom stereocenters. The second-order valence-electron chi connectivity index (χ2n) is 7.48. The minimum Gasteiger partial charge on any atom is -0.394 e. The number of nitrogens with one attached hydrogen (secondary N) is 2. The van der Waals surface area contributed by atoms with Gasteiger partial charge >= 0.3 is 6.03 Å². The number of hydrogen-bond acceptors (Lipinski definition) is 3. The van der Waals surface area contributed by atoms with Gasteiger partial charge in [-0.2, -0.15) is 0 Å². The van der Waals surface area contributed by atoms with Crippen molar-refractivity contribution in [2.24, 2.45) is 11.8 Å². The highest BCUT2D eigenvalue weighted by Crippen LogP contribution is 2.32. The molecule has 1 aromatic rings. The predicted octanol–water partition coefficient (Wildman–Crippen LogP) is 2.46. The molecule has 0 unspecified atom stereocenters. The maximum Gasteiger partial charge on any atom is 0.315 e. The Bertz CT molecular complexity index is 525. The Labute approximate surface area is 145 Å². The normalized spacial score (nSPS) is 19.5. The lowest BCUT2D eigenvalue weighted by atomic mass is 9.76. The highest BCUT2D eigenvalue weighted by molar-refractivity contribution is 5.74. The van der Waals surface area contributed by atoms with E-state index in [4.69, 9.17) is 0 Å². The SMILES string of the molecule is Cc1nccn1C[C@@H](C)CNC(=O)N[C@](C)(CO)C1CCCCC1. The Morgan fingerprint density at radius 3 is 2.75 bits per heavy atom. The van der Waals surface area contributed by atoms with Crippen LogP contribution in [-0.4, -0.2) is 39.4 Å². The van der Waals surface area contributed by atoms with E-state index >= 15 is 0 Å². The Morgan fingerprint density at radius 1 is 1.46 bits per heavy atom. The van der Waals surface area contributed by atoms with Crippen molar-refractivity contribution < 1.29 is 9.90 Å². The molecule has 6 heteroatoms. The minimum absolute atomic E-state index is 0.0190. The number of aliphatic hydroxyl groups is 1. The summed E-state index contributed by atoms with van der Waals surface area (Å²) in [6, 6.07) is -0.189. The van der Waals surface area contributed by atoms with E-state index in [9.17, 15) is 9.90 Å². The molecule has 2 amide bonds. The number of nitrogens with zero attached hydrogens (tertiary/aromatic N) is 2. The van der Waals surface area contributed by atoms with Gasteiger partial charge in [0, 0.05) is 25.5 Å². The van der Waals surface area contributed by atoms with Crippen LogP contribution in [0.3, 0.4) is 0 Å². The predicted molar refractivity (Wildman–Crippen MR) is 94.7 cm³/mol. The molecular weight excluding hydrogens is 304 g/mol. The molecule has 1 aromatic heterocycles. The Kier molecular flexibility index (Phi) is 6.66. The molecule has 24 heavy (non-hydrogen) atoms. The van der Waals surface area contributed by atoms with Gasteiger partial charge in [-0.15, -0.1) is 0 Å². The van der Waals surface area contributed by atoms with Crippen LogP contribution in [0.2, 0.25) is 0 Å². The molecule has 1 saturated carbocycles. The third kappa shape index (κ3) is 4.97. The van der Waals surface area contributed by atoms with Crippen LogP contribution in [0.15, 0.2) is 12.4 Å². The summed E-state index contributed by atoms with van der Waals surface area (Å²) < 4.78 is 2.09. The van der Waals surface area contributed by atoms with Crippen LogP contribution in [0.4, 0.5) is 4.79 Å². The van der Waals surface area contributed by atoms with E-state index < -0.39 is 5.54 Å². The van der Waals surface area contributed by atoms with Crippen LogP contribution in [-0.2, 0) is 6.54 Å². The van der Waals surface area contributed by atoms with Crippen molar-refractivity contribution in [2.45, 2.75) is 65.0 Å². The summed E-state index contributed by atoms with van der Waals surface area (Å²) >= 11 is 0. The number of aliphatic hydroxyl groups excluding tert-OH is 1. The van der Waals surface area contributed by atoms with Gasteiger partial charge in [-0.3, -0.25) is 0 Å². The molecule has 0 aromatic carbocycles. The lowest BCUT2D eigenvalue weighted by Crippen LogP contribution is -2.57. The molecule has 0 aliphatic heterocycles. The maximum absolute atomic E-state index is 12.3. The van der Waals surface area contributed by atoms with E-state index in [2.05, 4.69) is 27.1 Å². The van der Waals surface area contributed by atoms with Crippen molar-refractivity contribution >= 4 is 6.03 Å². The zero-order chi connectivity index (χ0) is 17.6. The van der Waals surface area contributed by atoms with Crippen LogP contribution in [0.5, 0.6) is 0 Å². The number of aromatic nitrogens is 2. The summed E-state index contributed by atoms with van der Waals surface area (Å²) in [5.74, 6) is 1.64. The van der Waals surface area contributed by atoms with Gasteiger partial charge in [-0.1, -0.05) is 26.2 Å². The maximum atomic E-state index is 12.3. The zero-order valence-electron chi connectivity index (χ0n) is 15.2. The molecular formula is C18H32N4O2. The number of amides is 2. The van der Waals surface area contributed by atoms with Crippen LogP contribution in [0.1, 0.15) is 51.8 Å². The van der Waals surface area contributed by atoms with E-state index in [1.54, 1.807) is 6.20 Å². The van der Waals surface area contributed by atoms with E-state index in [1.807, 2.05) is 20.0 Å². The number of aryl methyl sites for hydroxylation is 1. The van der Waals surface area contributed by atoms with E-state index in [0.29, 0.717) is 18.4 Å². The van der Waals surface area contributed by atoms with E-state index in [0.717, 1.165) is 25.2 Å². The number of imidazole rings is 1. The summed E-state index contributed by atoms with van der Waals surface area (Å²) in [6.07, 6.45) is 9.53. The number of rotatable bonds is 7. The zero-order valence-corrected chi connectivity index (χ0v) is 15.2. The molecule has 1 fully saturated rings. The van der Waals surface area contributed by atoms with Crippen molar-refractivity contribution in [2.75, 3.05) is 13.2 Å². The average molecular weight is 336 g/mol. The van der Waals surface area contributed by atoms with Crippen molar-refractivity contribution in [3.8, 4) is 0 Å². The van der Waals surface area contributed by atoms with Gasteiger partial charge in [0.1, 0.15) is 5.82 Å². The standard InChI is InChI=1S/C18H32N4O2/c1-14(12-22-10-9-19-15(22)2)11-20-17(24)21-18(3,13-23)16-7-5-4-6-8-16/h9-10,14,16,23H,4-8,11-13H2,1-3H3,(H2,20,21,24)/t14-,18+/m0/s1. The van der Waals surface area contributed by atoms with Gasteiger partial charge in [0.2, 0.25) is 0 Å². The summed E-state index contributed by atoms with van der Waals surface area (Å²) in [6.45, 7) is 7.44. The van der Waals surface area contributed by atoms with Gasteiger partial charge in [0.15, 0.2) is 0 Å². The van der Waals surface area contributed by atoms with E-state index in [1.165, 1.54) is 19.3 Å². The monoisotopic (exact) mass is 336 g/mol. The Balaban J connectivity index is 1.79. The van der Waals surface area contributed by atoms with Gasteiger partial charge in [0.25, 0.3) is 0 Å². The summed E-state index contributed by atoms with van der Waals surface area (Å²) in [7, 11) is 0. The van der Waals surface area contributed by atoms with Crippen molar-refractivity contribution in [3.05, 3.63) is 18.2 Å². The van der Waals surface area contributed by atoms with Gasteiger partial charge in [-0.25, -0.2) is 9.78 Å². The first-order valence-corrected chi connectivity index (χ1v) is 9.09. The largest absolute Gasteiger partial charge is 0.394 e. The second-order valence-corrected chi connectivity index (χ2v) is 7.48. The van der Waals surface area contributed by atoms with Gasteiger partial charge < -0.3 is 20.3 Å². The number of carbonyl (C=O) groups excluding carboxylic acids is 1. The van der Waals surface area contributed by atoms with Crippen molar-refractivity contribution in [1.29, 1.82) is 0 Å². The van der Waals surface area contributed by atoms with Crippen molar-refractivity contribution in [1.82, 2.24) is 20.2 Å². The fourth-order valence-electron chi connectivity index (χ4n) is 3.58. The average Bonchev–Trinajstić information content (AvgIpc) is 2.98. The molecule has 1 aliphatic rings. The van der Waals surface area contributed by atoms with Gasteiger partial charge in [-0.05, 0) is 38.5 Å². The summed E-state index contributed by atoms with van der Waals surface area (Å²) in [5.41, 5.74) is -0.533. The molecule has 1 aliphatic carbocycles. The van der Waals surface area contributed by atoms with E-state index in [-0.39, 0.29) is 12.6 Å². The third-order valence-corrected chi connectivity index (χ3v) is 5.28. The molecule has 136 valence electrons. The first kappa shape index (κ1) is 18.8. The second kappa shape index (κ2) is 8.51. The quantitative estimate of drug-likeness (QED) is 0.715. The molecule has 0 bridgehead atoms. The molecule has 6 nitrogen and oxygen atoms in total. The molecule has 0 saturated heterocycles. The van der Waals surface area contributed by atoms with Crippen LogP contribution >= 0.6 is 0 Å². The number of hydrogen-bond donors (Lipinski definition) is 3. The smallest absolute Gasteiger partial charge is 0.315 e. The molecule has 3 N–H and O–H groups in total. The molecule has 2 rings (SSSR count). The fourth-order valence-corrected chi connectivity index (χ4v) is 3.58. The third-order valence-electron chi connectivity index (χ3n) is 5.28. The minimum atomic E-state index is -0.533. The van der Waals surface area contributed by atoms with Gasteiger partial charge in [0.05, 0.1) is 12.1 Å². The highest BCUT2D eigenvalue weighted by atomic mass is 16.3. The molecule has 1 heterocycles. The lowest BCUT2D eigenvalue weighted by Gasteiger charge is -2.39. The Morgan fingerprint density at radius 2 is 2.17 bits per heavy atom. The highest BCUT2D eigenvalue weighted by Gasteiger charge is 2.35. The fraction of sp³-hybridized carbons (Fsp3) is 0.778. The summed E-state index contributed by atoms with van der Waals surface area (Å²) in [5, 5.41) is 15.8. The Hall–Kier alpha value is -1.56. The van der Waals surface area contributed by atoms with Crippen LogP contribution in [0.25, 0.3) is 0 Å². The van der Waals surface area contributed by atoms with Crippen LogP contribution in [0, 0.1) is 18.8 Å². The number of carbonyl (C=O) groups is 1. The first-order valence-electron chi connectivity index (χ1n) is 9.09. The topological polar surface area (TPSA) is 79.2 Å².